The van der Waals surface area contributed by atoms with Crippen LogP contribution < -0.4 is 4.90 Å². The molecule has 8 rings (SSSR count). The molecule has 2 aliphatic carbocycles. The minimum Gasteiger partial charge on any atom is -0.333 e. The molecule has 0 saturated heterocycles. The van der Waals surface area contributed by atoms with Gasteiger partial charge in [-0.25, -0.2) is 0 Å². The Labute approximate surface area is 224 Å². The zero-order chi connectivity index (χ0) is 25.1. The van der Waals surface area contributed by atoms with Crippen LogP contribution in [0.1, 0.15) is 28.2 Å². The fourth-order valence-corrected chi connectivity index (χ4v) is 6.59. The fourth-order valence-electron chi connectivity index (χ4n) is 6.59. The van der Waals surface area contributed by atoms with Crippen LogP contribution >= 0.6 is 0 Å². The van der Waals surface area contributed by atoms with Crippen LogP contribution in [0.3, 0.4) is 0 Å². The van der Waals surface area contributed by atoms with E-state index in [1.165, 1.54) is 61.5 Å². The molecule has 3 aliphatic rings. The Bertz CT molecular complexity index is 1740. The quantitative estimate of drug-likeness (QED) is 0.241. The normalized spacial score (nSPS) is 18.4. The molecule has 180 valence electrons. The van der Waals surface area contributed by atoms with E-state index in [0.29, 0.717) is 5.92 Å². The number of benzene rings is 5. The van der Waals surface area contributed by atoms with E-state index in [2.05, 4.69) is 144 Å². The van der Waals surface area contributed by atoms with Crippen LogP contribution in [-0.2, 0) is 6.42 Å². The molecule has 1 heteroatoms. The predicted octanol–water partition coefficient (Wildman–Crippen LogP) is 9.18. The highest BCUT2D eigenvalue weighted by Crippen LogP contribution is 2.49. The molecule has 0 spiro atoms. The van der Waals surface area contributed by atoms with Crippen molar-refractivity contribution in [3.05, 3.63) is 162 Å². The van der Waals surface area contributed by atoms with Gasteiger partial charge in [0.15, 0.2) is 0 Å². The summed E-state index contributed by atoms with van der Waals surface area (Å²) in [5.41, 5.74) is 14.7. The van der Waals surface area contributed by atoms with E-state index in [-0.39, 0.29) is 6.04 Å². The van der Waals surface area contributed by atoms with Crippen LogP contribution in [-0.4, -0.2) is 6.04 Å². The topological polar surface area (TPSA) is 3.24 Å². The molecule has 0 aromatic heterocycles. The van der Waals surface area contributed by atoms with Gasteiger partial charge < -0.3 is 4.90 Å². The lowest BCUT2D eigenvalue weighted by Crippen LogP contribution is -2.28. The largest absolute Gasteiger partial charge is 0.333 e. The van der Waals surface area contributed by atoms with Gasteiger partial charge in [-0.1, -0.05) is 115 Å². The van der Waals surface area contributed by atoms with E-state index >= 15 is 0 Å². The number of anilines is 2. The van der Waals surface area contributed by atoms with Crippen molar-refractivity contribution in [2.45, 2.75) is 18.4 Å². The second-order valence-corrected chi connectivity index (χ2v) is 10.5. The number of fused-ring (bicyclic) bond motifs is 6. The number of allylic oxidation sites excluding steroid dienone is 2. The predicted molar refractivity (Wildman–Crippen MR) is 159 cm³/mol. The summed E-state index contributed by atoms with van der Waals surface area (Å²) in [5.74, 6) is 0.320. The van der Waals surface area contributed by atoms with Gasteiger partial charge in [0.2, 0.25) is 0 Å². The third kappa shape index (κ3) is 3.32. The molecular formula is C37H27N. The van der Waals surface area contributed by atoms with Crippen molar-refractivity contribution >= 4 is 16.9 Å². The lowest BCUT2D eigenvalue weighted by molar-refractivity contribution is 0.747. The summed E-state index contributed by atoms with van der Waals surface area (Å²) in [6.07, 6.45) is 8.27. The van der Waals surface area contributed by atoms with Crippen LogP contribution in [0.25, 0.3) is 27.8 Å². The van der Waals surface area contributed by atoms with Crippen LogP contribution in [0.15, 0.2) is 140 Å². The zero-order valence-corrected chi connectivity index (χ0v) is 21.1. The summed E-state index contributed by atoms with van der Waals surface area (Å²) in [4.78, 5) is 2.51. The maximum absolute atomic E-state index is 2.51. The van der Waals surface area contributed by atoms with E-state index in [4.69, 9.17) is 0 Å². The van der Waals surface area contributed by atoms with E-state index in [1.807, 2.05) is 0 Å². The van der Waals surface area contributed by atoms with Crippen molar-refractivity contribution in [2.75, 3.05) is 4.90 Å². The fraction of sp³-hybridized carbons (Fsp3) is 0.0811. The number of rotatable bonds is 3. The smallest absolute Gasteiger partial charge is 0.0630 e. The van der Waals surface area contributed by atoms with Gasteiger partial charge in [-0.2, -0.15) is 0 Å². The number of para-hydroxylation sites is 1. The van der Waals surface area contributed by atoms with Crippen LogP contribution in [0.2, 0.25) is 0 Å². The van der Waals surface area contributed by atoms with Crippen LogP contribution in [0, 0.1) is 0 Å². The van der Waals surface area contributed by atoms with Gasteiger partial charge in [-0.05, 0) is 80.8 Å². The standard InChI is InChI=1S/C37H27N/c1-2-8-25(9-3-1)26-16-19-31(20-17-26)38-36-13-7-6-12-33(36)35-24-28(18-21-37(35)38)27-14-15-30-22-29-10-4-5-11-32(29)34(30)23-27/h1-21,23-24,35,37H,22H2. The maximum atomic E-state index is 2.51. The molecule has 0 bridgehead atoms. The van der Waals surface area contributed by atoms with Crippen LogP contribution in [0.4, 0.5) is 11.4 Å². The Balaban J connectivity index is 1.16. The minimum absolute atomic E-state index is 0.272. The third-order valence-corrected chi connectivity index (χ3v) is 8.44. The molecular weight excluding hydrogens is 458 g/mol. The average Bonchev–Trinajstić information content (AvgIpc) is 3.53. The van der Waals surface area contributed by atoms with Gasteiger partial charge in [0, 0.05) is 17.3 Å². The minimum atomic E-state index is 0.272. The van der Waals surface area contributed by atoms with Gasteiger partial charge in [-0.15, -0.1) is 0 Å². The second-order valence-electron chi connectivity index (χ2n) is 10.5. The van der Waals surface area contributed by atoms with Crippen molar-refractivity contribution in [2.24, 2.45) is 0 Å². The van der Waals surface area contributed by atoms with E-state index in [1.54, 1.807) is 0 Å². The SMILES string of the molecule is C1=CC2C(C=C1c1ccc3c(c1)-c1ccccc1C3)c1ccccc1N2c1ccc(-c2ccccc2)cc1. The Morgan fingerprint density at radius 3 is 2.18 bits per heavy atom. The Morgan fingerprint density at radius 1 is 0.579 bits per heavy atom. The lowest BCUT2D eigenvalue weighted by atomic mass is 9.85. The summed E-state index contributed by atoms with van der Waals surface area (Å²) in [5, 5.41) is 0. The number of hydrogen-bond acceptors (Lipinski definition) is 1. The first-order chi connectivity index (χ1) is 18.8. The molecule has 0 fully saturated rings. The molecule has 1 nitrogen and oxygen atoms in total. The molecule has 0 radical (unpaired) electrons. The van der Waals surface area contributed by atoms with E-state index in [0.717, 1.165) is 6.42 Å². The highest BCUT2D eigenvalue weighted by Gasteiger charge is 2.38. The summed E-state index contributed by atoms with van der Waals surface area (Å²) in [6.45, 7) is 0. The highest BCUT2D eigenvalue weighted by atomic mass is 15.2. The van der Waals surface area contributed by atoms with Gasteiger partial charge >= 0.3 is 0 Å². The van der Waals surface area contributed by atoms with Crippen molar-refractivity contribution in [3.63, 3.8) is 0 Å². The van der Waals surface area contributed by atoms with Crippen molar-refractivity contribution in [1.29, 1.82) is 0 Å². The van der Waals surface area contributed by atoms with Crippen molar-refractivity contribution < 1.29 is 0 Å². The second kappa shape index (κ2) is 8.46. The molecule has 5 aromatic rings. The Kier molecular flexibility index (Phi) is 4.78. The molecule has 1 aliphatic heterocycles. The van der Waals surface area contributed by atoms with Gasteiger partial charge in [0.1, 0.15) is 0 Å². The summed E-state index contributed by atoms with van der Waals surface area (Å²) >= 11 is 0. The lowest BCUT2D eigenvalue weighted by Gasteiger charge is -2.30. The van der Waals surface area contributed by atoms with Gasteiger partial charge in [0.25, 0.3) is 0 Å². The summed E-state index contributed by atoms with van der Waals surface area (Å²) in [7, 11) is 0. The Hall–Kier alpha value is -4.62. The highest BCUT2D eigenvalue weighted by molar-refractivity contribution is 5.86. The van der Waals surface area contributed by atoms with Gasteiger partial charge in [-0.3, -0.25) is 0 Å². The molecule has 0 amide bonds. The molecule has 2 unspecified atom stereocenters. The first kappa shape index (κ1) is 21.5. The monoisotopic (exact) mass is 485 g/mol. The average molecular weight is 486 g/mol. The molecule has 5 aromatic carbocycles. The van der Waals surface area contributed by atoms with E-state index in [9.17, 15) is 0 Å². The van der Waals surface area contributed by atoms with Crippen molar-refractivity contribution in [3.8, 4) is 22.3 Å². The number of hydrogen-bond donors (Lipinski definition) is 0. The zero-order valence-electron chi connectivity index (χ0n) is 21.1. The van der Waals surface area contributed by atoms with E-state index < -0.39 is 0 Å². The van der Waals surface area contributed by atoms with Crippen molar-refractivity contribution in [1.82, 2.24) is 0 Å². The number of nitrogens with zero attached hydrogens (tertiary/aromatic N) is 1. The summed E-state index contributed by atoms with van der Waals surface area (Å²) in [6, 6.07) is 44.7. The molecule has 0 N–H and O–H groups in total. The third-order valence-electron chi connectivity index (χ3n) is 8.44. The molecule has 1 heterocycles. The maximum Gasteiger partial charge on any atom is 0.0630 e. The first-order valence-corrected chi connectivity index (χ1v) is 13.5. The first-order valence-electron chi connectivity index (χ1n) is 13.5. The summed E-state index contributed by atoms with van der Waals surface area (Å²) < 4.78 is 0. The Morgan fingerprint density at radius 2 is 1.29 bits per heavy atom. The van der Waals surface area contributed by atoms with Gasteiger partial charge in [0.05, 0.1) is 6.04 Å². The molecule has 38 heavy (non-hydrogen) atoms. The van der Waals surface area contributed by atoms with Crippen LogP contribution in [0.5, 0.6) is 0 Å². The molecule has 0 saturated carbocycles. The molecule has 2 atom stereocenters.